The second-order valence-electron chi connectivity index (χ2n) is 7.40. The number of likely N-dealkylation sites (N-methyl/N-ethyl adjacent to an activating group) is 1. The highest BCUT2D eigenvalue weighted by atomic mass is 16.5. The molecule has 0 aromatic carbocycles. The zero-order valence-corrected chi connectivity index (χ0v) is 13.2. The van der Waals surface area contributed by atoms with Crippen molar-refractivity contribution in [2.24, 2.45) is 0 Å². The van der Waals surface area contributed by atoms with Crippen LogP contribution in [0.1, 0.15) is 40.5 Å². The van der Waals surface area contributed by atoms with E-state index in [-0.39, 0.29) is 17.2 Å². The van der Waals surface area contributed by atoms with Crippen molar-refractivity contribution in [1.29, 1.82) is 0 Å². The lowest BCUT2D eigenvalue weighted by molar-refractivity contribution is -1.16. The number of rotatable bonds is 5. The molecular formula is C14H31N2O3+. The first-order valence-corrected chi connectivity index (χ1v) is 7.06. The molecule has 0 aromatic rings. The topological polar surface area (TPSA) is 57.4 Å². The second kappa shape index (κ2) is 6.06. The normalized spacial score (nSPS) is 31.4. The van der Waals surface area contributed by atoms with Crippen LogP contribution < -0.4 is 5.06 Å². The fraction of sp³-hybridized carbons (Fsp3) is 1.00. The number of hydrogen-bond acceptors (Lipinski definition) is 4. The summed E-state index contributed by atoms with van der Waals surface area (Å²) in [5.41, 5.74) is -0.447. The highest BCUT2D eigenvalue weighted by Crippen LogP contribution is 2.25. The molecule has 1 atom stereocenters. The van der Waals surface area contributed by atoms with Crippen molar-refractivity contribution in [2.75, 3.05) is 27.2 Å². The molecule has 1 fully saturated rings. The van der Waals surface area contributed by atoms with Gasteiger partial charge in [-0.05, 0) is 41.8 Å². The predicted molar refractivity (Wildman–Crippen MR) is 74.4 cm³/mol. The molecule has 0 radical (unpaired) electrons. The van der Waals surface area contributed by atoms with Crippen molar-refractivity contribution < 1.29 is 20.1 Å². The Kier molecular flexibility index (Phi) is 5.37. The summed E-state index contributed by atoms with van der Waals surface area (Å²) >= 11 is 0. The van der Waals surface area contributed by atoms with Crippen molar-refractivity contribution >= 4 is 0 Å². The monoisotopic (exact) mass is 275 g/mol. The molecule has 3 N–H and O–H groups in total. The first-order valence-electron chi connectivity index (χ1n) is 7.06. The summed E-state index contributed by atoms with van der Waals surface area (Å²) in [5, 5.41) is 20.7. The van der Waals surface area contributed by atoms with Gasteiger partial charge in [0, 0.05) is 19.4 Å². The lowest BCUT2D eigenvalue weighted by Gasteiger charge is -2.47. The summed E-state index contributed by atoms with van der Waals surface area (Å²) in [6.07, 6.45) is 1.24. The molecule has 0 aromatic heterocycles. The molecule has 0 bridgehead atoms. The number of aliphatic hydroxyl groups is 1. The van der Waals surface area contributed by atoms with Gasteiger partial charge in [0.15, 0.2) is 0 Å². The smallest absolute Gasteiger partial charge is 0.124 e. The number of hydrogen-bond donors (Lipinski definition) is 3. The lowest BCUT2D eigenvalue weighted by Crippen LogP contribution is -3.25. The Balaban J connectivity index is 2.52. The Hall–Kier alpha value is -0.200. The molecule has 0 amide bonds. The molecule has 0 saturated carbocycles. The van der Waals surface area contributed by atoms with Gasteiger partial charge in [0.05, 0.1) is 18.8 Å². The van der Waals surface area contributed by atoms with Crippen LogP contribution in [0, 0.1) is 0 Å². The predicted octanol–water partition coefficient (Wildman–Crippen LogP) is -0.0808. The maximum atomic E-state index is 10.3. The largest absolute Gasteiger partial charge is 0.389 e. The summed E-state index contributed by atoms with van der Waals surface area (Å²) in [4.78, 5) is 1.95. The number of ether oxygens (including phenoxy) is 1. The van der Waals surface area contributed by atoms with E-state index in [1.807, 2.05) is 19.0 Å². The molecule has 1 saturated heterocycles. The number of hydroxylamine groups is 2. The molecule has 0 spiro atoms. The molecule has 1 heterocycles. The average Bonchev–Trinajstić information content (AvgIpc) is 2.21. The summed E-state index contributed by atoms with van der Waals surface area (Å²) in [6.45, 7) is 9.17. The third-order valence-electron chi connectivity index (χ3n) is 3.86. The van der Waals surface area contributed by atoms with Crippen LogP contribution in [0.3, 0.4) is 0 Å². The highest BCUT2D eigenvalue weighted by Gasteiger charge is 2.49. The SMILES string of the molecule is CN(C)CC(O)COC1CC(C)(C)[NH+](O)C(C)(C)C1. The van der Waals surface area contributed by atoms with E-state index in [9.17, 15) is 10.3 Å². The van der Waals surface area contributed by atoms with Gasteiger partial charge in [-0.2, -0.15) is 5.06 Å². The van der Waals surface area contributed by atoms with Crippen molar-refractivity contribution in [3.8, 4) is 0 Å². The summed E-state index contributed by atoms with van der Waals surface area (Å²) < 4.78 is 5.86. The lowest BCUT2D eigenvalue weighted by atomic mass is 9.80. The first-order chi connectivity index (χ1) is 8.54. The Labute approximate surface area is 117 Å². The van der Waals surface area contributed by atoms with Crippen molar-refractivity contribution in [2.45, 2.75) is 63.8 Å². The second-order valence-corrected chi connectivity index (χ2v) is 7.40. The van der Waals surface area contributed by atoms with E-state index < -0.39 is 6.10 Å². The highest BCUT2D eigenvalue weighted by molar-refractivity contribution is 4.85. The fourth-order valence-corrected chi connectivity index (χ4v) is 3.16. The van der Waals surface area contributed by atoms with Gasteiger partial charge >= 0.3 is 0 Å². The molecule has 1 aliphatic rings. The molecule has 19 heavy (non-hydrogen) atoms. The Morgan fingerprint density at radius 3 is 2.11 bits per heavy atom. The van der Waals surface area contributed by atoms with E-state index in [1.165, 1.54) is 0 Å². The van der Waals surface area contributed by atoms with Crippen molar-refractivity contribution in [3.05, 3.63) is 0 Å². The van der Waals surface area contributed by atoms with Crippen LogP contribution in [0.2, 0.25) is 0 Å². The van der Waals surface area contributed by atoms with E-state index in [4.69, 9.17) is 4.74 Å². The van der Waals surface area contributed by atoms with Crippen LogP contribution in [-0.4, -0.2) is 65.7 Å². The van der Waals surface area contributed by atoms with Gasteiger partial charge < -0.3 is 14.7 Å². The minimum atomic E-state index is -0.458. The summed E-state index contributed by atoms with van der Waals surface area (Å²) in [6, 6.07) is 0. The third-order valence-corrected chi connectivity index (χ3v) is 3.86. The van der Waals surface area contributed by atoms with Gasteiger partial charge in [0.2, 0.25) is 0 Å². The van der Waals surface area contributed by atoms with Crippen LogP contribution in [-0.2, 0) is 4.74 Å². The molecule has 1 rings (SSSR count). The molecule has 5 nitrogen and oxygen atoms in total. The molecular weight excluding hydrogens is 244 g/mol. The first kappa shape index (κ1) is 16.9. The van der Waals surface area contributed by atoms with Gasteiger partial charge in [-0.1, -0.05) is 0 Å². The molecule has 1 aliphatic heterocycles. The zero-order valence-electron chi connectivity index (χ0n) is 13.2. The van der Waals surface area contributed by atoms with Crippen molar-refractivity contribution in [1.82, 2.24) is 4.90 Å². The Morgan fingerprint density at radius 2 is 1.68 bits per heavy atom. The quantitative estimate of drug-likeness (QED) is 0.657. The fourth-order valence-electron chi connectivity index (χ4n) is 3.16. The molecule has 5 heteroatoms. The Bertz CT molecular complexity index is 274. The summed E-state index contributed by atoms with van der Waals surface area (Å²) in [5.74, 6) is 0. The van der Waals surface area contributed by atoms with Gasteiger partial charge in [-0.15, -0.1) is 0 Å². The number of nitrogens with zero attached hydrogens (tertiary/aromatic N) is 1. The Morgan fingerprint density at radius 1 is 1.21 bits per heavy atom. The zero-order chi connectivity index (χ0) is 14.8. The third kappa shape index (κ3) is 4.68. The minimum absolute atomic E-state index is 0.0951. The number of nitrogens with one attached hydrogen (secondary N) is 1. The maximum absolute atomic E-state index is 10.3. The number of aliphatic hydroxyl groups excluding tert-OH is 1. The van der Waals surface area contributed by atoms with E-state index in [0.717, 1.165) is 12.8 Å². The van der Waals surface area contributed by atoms with Crippen LogP contribution >= 0.6 is 0 Å². The minimum Gasteiger partial charge on any atom is -0.389 e. The van der Waals surface area contributed by atoms with E-state index in [0.29, 0.717) is 18.2 Å². The van der Waals surface area contributed by atoms with Gasteiger partial charge in [-0.25, -0.2) is 5.21 Å². The molecule has 1 unspecified atom stereocenters. The average molecular weight is 275 g/mol. The van der Waals surface area contributed by atoms with Crippen LogP contribution in [0.25, 0.3) is 0 Å². The van der Waals surface area contributed by atoms with Crippen LogP contribution in [0.15, 0.2) is 0 Å². The van der Waals surface area contributed by atoms with Crippen LogP contribution in [0.5, 0.6) is 0 Å². The standard InChI is InChI=1S/C14H30N2O3/c1-13(2)7-12(8-14(3,4)16(13)18)19-10-11(17)9-15(5)6/h11-12,17-18H,7-10H2,1-6H3/p+1. The van der Waals surface area contributed by atoms with Gasteiger partial charge in [0.25, 0.3) is 0 Å². The van der Waals surface area contributed by atoms with E-state index in [2.05, 4.69) is 27.7 Å². The van der Waals surface area contributed by atoms with Crippen molar-refractivity contribution in [3.63, 3.8) is 0 Å². The maximum Gasteiger partial charge on any atom is 0.124 e. The van der Waals surface area contributed by atoms with E-state index in [1.54, 1.807) is 0 Å². The van der Waals surface area contributed by atoms with Gasteiger partial charge in [-0.3, -0.25) is 0 Å². The number of quaternary nitrogens is 1. The number of piperidine rings is 1. The molecule has 0 aliphatic carbocycles. The van der Waals surface area contributed by atoms with Crippen LogP contribution in [0.4, 0.5) is 0 Å². The van der Waals surface area contributed by atoms with Gasteiger partial charge in [0.1, 0.15) is 11.1 Å². The molecule has 114 valence electrons. The summed E-state index contributed by atoms with van der Waals surface area (Å²) in [7, 11) is 3.87. The van der Waals surface area contributed by atoms with E-state index >= 15 is 0 Å².